The van der Waals surface area contributed by atoms with Crippen LogP contribution in [0.15, 0.2) is 36.6 Å². The van der Waals surface area contributed by atoms with E-state index in [1.165, 1.54) is 27.4 Å². The number of rotatable bonds is 4. The Balaban J connectivity index is 2.25. The van der Waals surface area contributed by atoms with Gasteiger partial charge >= 0.3 is 0 Å². The summed E-state index contributed by atoms with van der Waals surface area (Å²) in [6.07, 6.45) is 1.73. The second-order valence-corrected chi connectivity index (χ2v) is 6.35. The fourth-order valence-corrected chi connectivity index (χ4v) is 3.91. The van der Waals surface area contributed by atoms with E-state index in [1.807, 2.05) is 0 Å². The largest absolute Gasteiger partial charge is 0.515 e. The number of phenolic OH excluding ortho intramolecular Hbond substituents is 1. The smallest absolute Gasteiger partial charge is 0.168 e. The first kappa shape index (κ1) is 17.7. The van der Waals surface area contributed by atoms with E-state index in [0.717, 1.165) is 23.5 Å². The first-order chi connectivity index (χ1) is 13.6. The molecule has 4 rings (SSSR count). The topological polar surface area (TPSA) is 85.2 Å². The molecule has 0 amide bonds. The molecular weight excluding hydrogens is 360 g/mol. The lowest BCUT2D eigenvalue weighted by molar-refractivity contribution is 0.112. The molecule has 1 aliphatic carbocycles. The molecular formula is C22H18O6. The highest BCUT2D eigenvalue weighted by Gasteiger charge is 2.32. The van der Waals surface area contributed by atoms with Crippen LogP contribution in [0.5, 0.6) is 23.0 Å². The molecule has 0 atom stereocenters. The minimum atomic E-state index is -0.0143. The van der Waals surface area contributed by atoms with Gasteiger partial charge in [0.2, 0.25) is 0 Å². The van der Waals surface area contributed by atoms with Crippen LogP contribution in [0.1, 0.15) is 21.5 Å². The molecule has 0 saturated heterocycles. The van der Waals surface area contributed by atoms with Crippen LogP contribution in [0.4, 0.5) is 0 Å². The number of methoxy groups -OCH3 is 3. The van der Waals surface area contributed by atoms with Crippen molar-refractivity contribution in [3.8, 4) is 34.1 Å². The molecule has 3 aromatic rings. The number of aldehydes is 1. The van der Waals surface area contributed by atoms with E-state index in [1.54, 1.807) is 24.3 Å². The van der Waals surface area contributed by atoms with E-state index in [4.69, 9.17) is 14.2 Å². The molecule has 0 fully saturated rings. The van der Waals surface area contributed by atoms with Crippen LogP contribution in [0, 0.1) is 0 Å². The Morgan fingerprint density at radius 3 is 2.14 bits per heavy atom. The Bertz CT molecular complexity index is 1160. The third kappa shape index (κ3) is 2.24. The van der Waals surface area contributed by atoms with E-state index in [-0.39, 0.29) is 5.75 Å². The van der Waals surface area contributed by atoms with Crippen LogP contribution in [0.2, 0.25) is 0 Å². The Morgan fingerprint density at radius 2 is 1.57 bits per heavy atom. The summed E-state index contributed by atoms with van der Waals surface area (Å²) in [6, 6.07) is 8.51. The zero-order valence-electron chi connectivity index (χ0n) is 15.6. The monoisotopic (exact) mass is 378 g/mol. The van der Waals surface area contributed by atoms with Gasteiger partial charge in [0.05, 0.1) is 27.6 Å². The van der Waals surface area contributed by atoms with Crippen LogP contribution in [-0.4, -0.2) is 37.8 Å². The van der Waals surface area contributed by atoms with Crippen molar-refractivity contribution in [1.29, 1.82) is 0 Å². The summed E-state index contributed by atoms with van der Waals surface area (Å²) < 4.78 is 16.3. The van der Waals surface area contributed by atoms with Crippen molar-refractivity contribution in [1.82, 2.24) is 0 Å². The van der Waals surface area contributed by atoms with Crippen molar-refractivity contribution in [2.45, 2.75) is 0 Å². The lowest BCUT2D eigenvalue weighted by Gasteiger charge is -2.15. The number of aliphatic hydroxyl groups is 1. The number of hydrogen-bond donors (Lipinski definition) is 2. The SMILES string of the molecule is COc1cc2c(cc1OC)-c1c(c(C=O)cc3ccc(O)c(OC)c13)C2=CO. The molecule has 0 radical (unpaired) electrons. The summed E-state index contributed by atoms with van der Waals surface area (Å²) in [5, 5.41) is 21.7. The standard InChI is InChI=1S/C22H18O6/c1-26-17-7-13-14(8-18(17)27-2)21-19(15(13)10-24)12(9-23)6-11-4-5-16(25)22(28-3)20(11)21/h4-10,24-25H,1-3H3. The molecule has 6 heteroatoms. The average Bonchev–Trinajstić information content (AvgIpc) is 3.05. The van der Waals surface area contributed by atoms with Gasteiger partial charge in [-0.15, -0.1) is 0 Å². The number of benzene rings is 3. The highest BCUT2D eigenvalue weighted by molar-refractivity contribution is 6.17. The van der Waals surface area contributed by atoms with Crippen molar-refractivity contribution in [3.05, 3.63) is 53.3 Å². The molecule has 2 N–H and O–H groups in total. The second-order valence-electron chi connectivity index (χ2n) is 6.35. The van der Waals surface area contributed by atoms with Crippen LogP contribution >= 0.6 is 0 Å². The van der Waals surface area contributed by atoms with E-state index in [9.17, 15) is 15.0 Å². The highest BCUT2D eigenvalue weighted by Crippen LogP contribution is 2.54. The molecule has 0 bridgehead atoms. The minimum Gasteiger partial charge on any atom is -0.515 e. The number of hydrogen-bond acceptors (Lipinski definition) is 6. The number of carbonyl (C=O) groups is 1. The zero-order chi connectivity index (χ0) is 20.0. The highest BCUT2D eigenvalue weighted by atomic mass is 16.5. The van der Waals surface area contributed by atoms with Crippen molar-refractivity contribution in [2.75, 3.05) is 21.3 Å². The molecule has 0 aromatic heterocycles. The molecule has 6 nitrogen and oxygen atoms in total. The maximum absolute atomic E-state index is 11.9. The molecule has 3 aromatic carbocycles. The van der Waals surface area contributed by atoms with E-state index >= 15 is 0 Å². The summed E-state index contributed by atoms with van der Waals surface area (Å²) >= 11 is 0. The van der Waals surface area contributed by atoms with Crippen molar-refractivity contribution in [3.63, 3.8) is 0 Å². The lowest BCUT2D eigenvalue weighted by Crippen LogP contribution is -1.95. The number of fused-ring (bicyclic) bond motifs is 5. The van der Waals surface area contributed by atoms with Crippen LogP contribution in [0.3, 0.4) is 0 Å². The molecule has 0 saturated carbocycles. The van der Waals surface area contributed by atoms with E-state index in [0.29, 0.717) is 50.5 Å². The van der Waals surface area contributed by atoms with Gasteiger partial charge in [0, 0.05) is 27.6 Å². The van der Waals surface area contributed by atoms with Crippen molar-refractivity contribution < 1.29 is 29.2 Å². The molecule has 0 spiro atoms. The first-order valence-electron chi connectivity index (χ1n) is 8.52. The number of aliphatic hydroxyl groups excluding tert-OH is 1. The molecule has 142 valence electrons. The van der Waals surface area contributed by atoms with Gasteiger partial charge in [0.15, 0.2) is 29.3 Å². The Morgan fingerprint density at radius 1 is 0.893 bits per heavy atom. The molecule has 0 aliphatic heterocycles. The summed E-state index contributed by atoms with van der Waals surface area (Å²) in [7, 11) is 4.54. The van der Waals surface area contributed by atoms with E-state index < -0.39 is 0 Å². The van der Waals surface area contributed by atoms with Gasteiger partial charge in [-0.25, -0.2) is 0 Å². The predicted octanol–water partition coefficient (Wildman–Crippen LogP) is 4.31. The quantitative estimate of drug-likeness (QED) is 0.407. The van der Waals surface area contributed by atoms with E-state index in [2.05, 4.69) is 0 Å². The number of aromatic hydroxyl groups is 1. The number of carbonyl (C=O) groups excluding carboxylic acids is 1. The fraction of sp³-hybridized carbons (Fsp3) is 0.136. The van der Waals surface area contributed by atoms with Gasteiger partial charge in [0.25, 0.3) is 0 Å². The maximum Gasteiger partial charge on any atom is 0.168 e. The molecule has 0 unspecified atom stereocenters. The number of ether oxygens (including phenoxy) is 3. The van der Waals surface area contributed by atoms with Gasteiger partial charge in [0.1, 0.15) is 0 Å². The van der Waals surface area contributed by atoms with Crippen molar-refractivity contribution >= 4 is 22.6 Å². The van der Waals surface area contributed by atoms with Crippen LogP contribution < -0.4 is 14.2 Å². The summed E-state index contributed by atoms with van der Waals surface area (Å²) in [5.74, 6) is 1.29. The molecule has 28 heavy (non-hydrogen) atoms. The first-order valence-corrected chi connectivity index (χ1v) is 8.52. The van der Waals surface area contributed by atoms with Crippen LogP contribution in [-0.2, 0) is 0 Å². The van der Waals surface area contributed by atoms with Crippen LogP contribution in [0.25, 0.3) is 27.5 Å². The second kappa shape index (κ2) is 6.49. The van der Waals surface area contributed by atoms with Crippen molar-refractivity contribution in [2.24, 2.45) is 0 Å². The third-order valence-corrected chi connectivity index (χ3v) is 5.08. The maximum atomic E-state index is 11.9. The normalized spacial score (nSPS) is 13.3. The van der Waals surface area contributed by atoms with Gasteiger partial charge in [-0.05, 0) is 40.8 Å². The summed E-state index contributed by atoms with van der Waals surface area (Å²) in [5.41, 5.74) is 3.59. The van der Waals surface area contributed by atoms with Gasteiger partial charge in [-0.2, -0.15) is 0 Å². The van der Waals surface area contributed by atoms with Gasteiger partial charge in [-0.1, -0.05) is 6.07 Å². The Kier molecular flexibility index (Phi) is 4.11. The third-order valence-electron chi connectivity index (χ3n) is 5.08. The zero-order valence-corrected chi connectivity index (χ0v) is 15.6. The fourth-order valence-electron chi connectivity index (χ4n) is 3.91. The number of phenols is 1. The minimum absolute atomic E-state index is 0.0143. The summed E-state index contributed by atoms with van der Waals surface area (Å²) in [4.78, 5) is 11.9. The molecule has 0 heterocycles. The average molecular weight is 378 g/mol. The summed E-state index contributed by atoms with van der Waals surface area (Å²) in [6.45, 7) is 0. The van der Waals surface area contributed by atoms with Gasteiger partial charge in [-0.3, -0.25) is 4.79 Å². The van der Waals surface area contributed by atoms with Gasteiger partial charge < -0.3 is 24.4 Å². The Labute approximate surface area is 161 Å². The Hall–Kier alpha value is -3.67. The molecule has 1 aliphatic rings. The lowest BCUT2D eigenvalue weighted by atomic mass is 9.92. The predicted molar refractivity (Wildman–Crippen MR) is 106 cm³/mol.